The fourth-order valence-corrected chi connectivity index (χ4v) is 2.40. The molecule has 0 bridgehead atoms. The van der Waals surface area contributed by atoms with E-state index in [1.165, 1.54) is 6.07 Å². The molecule has 21 heavy (non-hydrogen) atoms. The largest absolute Gasteiger partial charge is 0.481 e. The number of carbonyl (C=O) groups is 2. The zero-order valence-electron chi connectivity index (χ0n) is 11.3. The lowest BCUT2D eigenvalue weighted by atomic mass is 9.98. The molecule has 5 nitrogen and oxygen atoms in total. The highest BCUT2D eigenvalue weighted by Gasteiger charge is 2.26. The number of hydrogen-bond acceptors (Lipinski definition) is 3. The minimum Gasteiger partial charge on any atom is -0.481 e. The van der Waals surface area contributed by atoms with Gasteiger partial charge in [0.15, 0.2) is 0 Å². The van der Waals surface area contributed by atoms with Gasteiger partial charge in [0.05, 0.1) is 12.5 Å². The molecule has 2 N–H and O–H groups in total. The Hall–Kier alpha value is -2.02. The van der Waals surface area contributed by atoms with Crippen LogP contribution in [0.2, 0.25) is 0 Å². The summed E-state index contributed by atoms with van der Waals surface area (Å²) < 4.78 is 26.8. The van der Waals surface area contributed by atoms with Gasteiger partial charge in [-0.15, -0.1) is 0 Å². The fourth-order valence-electron chi connectivity index (χ4n) is 2.40. The van der Waals surface area contributed by atoms with Crippen LogP contribution < -0.4 is 5.32 Å². The molecule has 1 unspecified atom stereocenters. The van der Waals surface area contributed by atoms with Crippen LogP contribution in [0, 0.1) is 17.6 Å². The van der Waals surface area contributed by atoms with Crippen molar-refractivity contribution in [2.75, 3.05) is 25.0 Å². The van der Waals surface area contributed by atoms with Crippen molar-refractivity contribution in [3.63, 3.8) is 0 Å². The van der Waals surface area contributed by atoms with Crippen molar-refractivity contribution in [3.05, 3.63) is 29.8 Å². The predicted octanol–water partition coefficient (Wildman–Crippen LogP) is 1.70. The highest BCUT2D eigenvalue weighted by atomic mass is 19.1. The van der Waals surface area contributed by atoms with Gasteiger partial charge >= 0.3 is 5.97 Å². The van der Waals surface area contributed by atoms with Crippen LogP contribution in [0.5, 0.6) is 0 Å². The quantitative estimate of drug-likeness (QED) is 0.887. The summed E-state index contributed by atoms with van der Waals surface area (Å²) in [7, 11) is 0. The zero-order chi connectivity index (χ0) is 15.4. The summed E-state index contributed by atoms with van der Waals surface area (Å²) in [5, 5.41) is 11.2. The number of nitrogens with one attached hydrogen (secondary N) is 1. The number of carboxylic acid groups (broad SMARTS) is 1. The van der Waals surface area contributed by atoms with E-state index < -0.39 is 35.1 Å². The maximum atomic E-state index is 13.4. The first-order valence-corrected chi connectivity index (χ1v) is 6.66. The minimum absolute atomic E-state index is 0.0858. The van der Waals surface area contributed by atoms with Gasteiger partial charge in [-0.3, -0.25) is 14.5 Å². The molecule has 0 saturated carbocycles. The Balaban J connectivity index is 1.94. The molecular formula is C14H16F2N2O3. The van der Waals surface area contributed by atoms with Crippen molar-refractivity contribution in [1.82, 2.24) is 4.90 Å². The smallest absolute Gasteiger partial charge is 0.307 e. The van der Waals surface area contributed by atoms with Crippen LogP contribution in [-0.2, 0) is 9.59 Å². The second kappa shape index (κ2) is 6.62. The molecule has 0 aromatic heterocycles. The number of piperidine rings is 1. The third-order valence-electron chi connectivity index (χ3n) is 3.45. The highest BCUT2D eigenvalue weighted by molar-refractivity contribution is 5.92. The molecule has 1 aliphatic heterocycles. The number of hydrogen-bond donors (Lipinski definition) is 2. The molecule has 1 heterocycles. The van der Waals surface area contributed by atoms with Crippen molar-refractivity contribution in [2.45, 2.75) is 12.8 Å². The maximum absolute atomic E-state index is 13.4. The van der Waals surface area contributed by atoms with Crippen LogP contribution in [0.3, 0.4) is 0 Å². The monoisotopic (exact) mass is 298 g/mol. The molecule has 1 fully saturated rings. The van der Waals surface area contributed by atoms with Gasteiger partial charge in [-0.25, -0.2) is 8.78 Å². The Morgan fingerprint density at radius 3 is 2.62 bits per heavy atom. The molecule has 0 radical (unpaired) electrons. The SMILES string of the molecule is O=C(CN1CCCC(C(=O)O)C1)Nc1c(F)cccc1F. The molecule has 2 rings (SSSR count). The minimum atomic E-state index is -0.889. The molecular weight excluding hydrogens is 282 g/mol. The first-order chi connectivity index (χ1) is 9.97. The average Bonchev–Trinajstić information content (AvgIpc) is 2.43. The second-order valence-electron chi connectivity index (χ2n) is 5.06. The maximum Gasteiger partial charge on any atom is 0.307 e. The third kappa shape index (κ3) is 3.98. The number of carboxylic acids is 1. The van der Waals surface area contributed by atoms with Crippen molar-refractivity contribution in [1.29, 1.82) is 0 Å². The van der Waals surface area contributed by atoms with Gasteiger partial charge < -0.3 is 10.4 Å². The van der Waals surface area contributed by atoms with E-state index in [4.69, 9.17) is 5.11 Å². The molecule has 1 aliphatic rings. The van der Waals surface area contributed by atoms with Gasteiger partial charge in [0.2, 0.25) is 5.91 Å². The zero-order valence-corrected chi connectivity index (χ0v) is 11.3. The molecule has 114 valence electrons. The Morgan fingerprint density at radius 1 is 1.33 bits per heavy atom. The van der Waals surface area contributed by atoms with Crippen molar-refractivity contribution < 1.29 is 23.5 Å². The molecule has 1 saturated heterocycles. The van der Waals surface area contributed by atoms with E-state index in [0.29, 0.717) is 19.4 Å². The normalized spacial score (nSPS) is 19.2. The van der Waals surface area contributed by atoms with Gasteiger partial charge in [-0.2, -0.15) is 0 Å². The summed E-state index contributed by atoms with van der Waals surface area (Å²) in [5.74, 6) is -3.64. The van der Waals surface area contributed by atoms with Gasteiger partial charge in [0.1, 0.15) is 17.3 Å². The number of halogens is 2. The van der Waals surface area contributed by atoms with Crippen molar-refractivity contribution in [3.8, 4) is 0 Å². The summed E-state index contributed by atoms with van der Waals surface area (Å²) in [6.45, 7) is 0.775. The van der Waals surface area contributed by atoms with Crippen LogP contribution in [0.1, 0.15) is 12.8 Å². The summed E-state index contributed by atoms with van der Waals surface area (Å²) in [6.07, 6.45) is 1.26. The van der Waals surface area contributed by atoms with Crippen LogP contribution in [0.4, 0.5) is 14.5 Å². The van der Waals surface area contributed by atoms with Crippen LogP contribution in [-0.4, -0.2) is 41.5 Å². The summed E-state index contributed by atoms with van der Waals surface area (Å²) >= 11 is 0. The molecule has 7 heteroatoms. The lowest BCUT2D eigenvalue weighted by Crippen LogP contribution is -2.42. The number of para-hydroxylation sites is 1. The molecule has 1 aromatic rings. The van der Waals surface area contributed by atoms with E-state index in [9.17, 15) is 18.4 Å². The van der Waals surface area contributed by atoms with E-state index in [2.05, 4.69) is 5.32 Å². The van der Waals surface area contributed by atoms with Crippen molar-refractivity contribution >= 4 is 17.6 Å². The Bertz CT molecular complexity index is 531. The van der Waals surface area contributed by atoms with E-state index in [1.807, 2.05) is 0 Å². The molecule has 1 amide bonds. The van der Waals surface area contributed by atoms with Gasteiger partial charge in [-0.1, -0.05) is 6.07 Å². The number of rotatable bonds is 4. The molecule has 1 atom stereocenters. The van der Waals surface area contributed by atoms with Gasteiger partial charge in [0.25, 0.3) is 0 Å². The van der Waals surface area contributed by atoms with Gasteiger partial charge in [-0.05, 0) is 31.5 Å². The first-order valence-electron chi connectivity index (χ1n) is 6.66. The Labute approximate surface area is 120 Å². The topological polar surface area (TPSA) is 69.6 Å². The molecule has 0 spiro atoms. The van der Waals surface area contributed by atoms with E-state index in [0.717, 1.165) is 12.1 Å². The van der Waals surface area contributed by atoms with Crippen LogP contribution in [0.15, 0.2) is 18.2 Å². The third-order valence-corrected chi connectivity index (χ3v) is 3.45. The molecule has 0 aliphatic carbocycles. The number of amides is 1. The van der Waals surface area contributed by atoms with Gasteiger partial charge in [0, 0.05) is 6.54 Å². The highest BCUT2D eigenvalue weighted by Crippen LogP contribution is 2.19. The number of anilines is 1. The number of aliphatic carboxylic acids is 1. The van der Waals surface area contributed by atoms with Crippen LogP contribution >= 0.6 is 0 Å². The summed E-state index contributed by atoms with van der Waals surface area (Å²) in [4.78, 5) is 24.4. The second-order valence-corrected chi connectivity index (χ2v) is 5.06. The Morgan fingerprint density at radius 2 is 2.00 bits per heavy atom. The molecule has 1 aromatic carbocycles. The standard InChI is InChI=1S/C14H16F2N2O3/c15-10-4-1-5-11(16)13(10)17-12(19)8-18-6-2-3-9(7-18)14(20)21/h1,4-5,9H,2-3,6-8H2,(H,17,19)(H,20,21). The summed E-state index contributed by atoms with van der Waals surface area (Å²) in [5.41, 5.74) is -0.478. The number of nitrogens with zero attached hydrogens (tertiary/aromatic N) is 1. The number of benzene rings is 1. The summed E-state index contributed by atoms with van der Waals surface area (Å²) in [6, 6.07) is 3.32. The van der Waals surface area contributed by atoms with Crippen LogP contribution in [0.25, 0.3) is 0 Å². The lowest BCUT2D eigenvalue weighted by Gasteiger charge is -2.29. The van der Waals surface area contributed by atoms with E-state index >= 15 is 0 Å². The number of likely N-dealkylation sites (tertiary alicyclic amines) is 1. The van der Waals surface area contributed by atoms with E-state index in [-0.39, 0.29) is 13.1 Å². The number of carbonyl (C=O) groups excluding carboxylic acids is 1. The lowest BCUT2D eigenvalue weighted by molar-refractivity contribution is -0.144. The van der Waals surface area contributed by atoms with E-state index in [1.54, 1.807) is 4.90 Å². The Kier molecular flexibility index (Phi) is 4.85. The predicted molar refractivity (Wildman–Crippen MR) is 71.8 cm³/mol. The van der Waals surface area contributed by atoms with Crippen molar-refractivity contribution in [2.24, 2.45) is 5.92 Å². The fraction of sp³-hybridized carbons (Fsp3) is 0.429. The first kappa shape index (κ1) is 15.4. The average molecular weight is 298 g/mol.